The van der Waals surface area contributed by atoms with Gasteiger partial charge in [0.15, 0.2) is 0 Å². The maximum atomic E-state index is 14.5. The van der Waals surface area contributed by atoms with Gasteiger partial charge < -0.3 is 4.74 Å². The zero-order valence-electron chi connectivity index (χ0n) is 18.5. The van der Waals surface area contributed by atoms with Crippen LogP contribution in [0.25, 0.3) is 10.8 Å². The first-order valence-electron chi connectivity index (χ1n) is 10.7. The minimum atomic E-state index is -0.681. The summed E-state index contributed by atoms with van der Waals surface area (Å²) in [6, 6.07) is 18.5. The van der Waals surface area contributed by atoms with Crippen molar-refractivity contribution in [3.63, 3.8) is 0 Å². The number of fused-ring (bicyclic) bond motifs is 1. The highest BCUT2D eigenvalue weighted by Gasteiger charge is 2.17. The lowest BCUT2D eigenvalue weighted by atomic mass is 10.0. The van der Waals surface area contributed by atoms with Crippen molar-refractivity contribution in [1.29, 1.82) is 0 Å². The Morgan fingerprint density at radius 3 is 2.58 bits per heavy atom. The molecule has 2 heterocycles. The van der Waals surface area contributed by atoms with Gasteiger partial charge in [-0.05, 0) is 52.8 Å². The first-order valence-corrected chi connectivity index (χ1v) is 11.9. The molecule has 0 unspecified atom stereocenters. The summed E-state index contributed by atoms with van der Waals surface area (Å²) in [6.45, 7) is 0.254. The molecule has 2 aromatic heterocycles. The third-order valence-corrected chi connectivity index (χ3v) is 6.33. The van der Waals surface area contributed by atoms with E-state index < -0.39 is 11.7 Å². The van der Waals surface area contributed by atoms with Gasteiger partial charge in [-0.15, -0.1) is 5.10 Å². The molecule has 8 nitrogen and oxygen atoms in total. The smallest absolute Gasteiger partial charge is 0.296 e. The molecule has 1 amide bonds. The Balaban J connectivity index is 1.29. The second-order valence-electron chi connectivity index (χ2n) is 7.78. The average molecular weight is 522 g/mol. The Kier molecular flexibility index (Phi) is 6.70. The molecule has 3 aromatic carbocycles. The van der Waals surface area contributed by atoms with E-state index in [2.05, 4.69) is 25.7 Å². The number of hydrogen-bond acceptors (Lipinski definition) is 7. The Hall–Kier alpha value is -4.15. The van der Waals surface area contributed by atoms with Gasteiger partial charge in [0.25, 0.3) is 16.7 Å². The Morgan fingerprint density at radius 1 is 1.03 bits per heavy atom. The van der Waals surface area contributed by atoms with Crippen molar-refractivity contribution in [3.8, 4) is 5.19 Å². The second-order valence-corrected chi connectivity index (χ2v) is 9.15. The van der Waals surface area contributed by atoms with Gasteiger partial charge in [-0.1, -0.05) is 53.1 Å². The molecule has 0 aliphatic heterocycles. The van der Waals surface area contributed by atoms with E-state index in [0.29, 0.717) is 33.5 Å². The highest BCUT2D eigenvalue weighted by Crippen LogP contribution is 2.25. The van der Waals surface area contributed by atoms with Crippen molar-refractivity contribution in [2.75, 3.05) is 5.32 Å². The fraction of sp³-hybridized carbons (Fsp3) is 0.0800. The van der Waals surface area contributed by atoms with Crippen molar-refractivity contribution in [1.82, 2.24) is 20.4 Å². The summed E-state index contributed by atoms with van der Waals surface area (Å²) in [5, 5.41) is 19.2. The molecule has 0 atom stereocenters. The van der Waals surface area contributed by atoms with Gasteiger partial charge in [0.05, 0.1) is 16.6 Å². The fourth-order valence-corrected chi connectivity index (χ4v) is 4.28. The average Bonchev–Trinajstić information content (AvgIpc) is 3.33. The number of amides is 1. The SMILES string of the molecule is O=C(Nc1nnc(OCc2ccc(Cl)cc2)s1)c1cc(Cc2n[nH]c(=O)c3ccccc23)ccc1F. The molecule has 0 spiro atoms. The van der Waals surface area contributed by atoms with Crippen molar-refractivity contribution in [2.24, 2.45) is 0 Å². The van der Waals surface area contributed by atoms with Gasteiger partial charge in [0.1, 0.15) is 12.4 Å². The van der Waals surface area contributed by atoms with E-state index in [1.165, 1.54) is 12.1 Å². The van der Waals surface area contributed by atoms with E-state index in [1.54, 1.807) is 36.4 Å². The van der Waals surface area contributed by atoms with Gasteiger partial charge in [0, 0.05) is 16.8 Å². The number of anilines is 1. The van der Waals surface area contributed by atoms with Gasteiger partial charge in [0.2, 0.25) is 5.13 Å². The molecule has 180 valence electrons. The van der Waals surface area contributed by atoms with E-state index in [4.69, 9.17) is 16.3 Å². The van der Waals surface area contributed by atoms with Gasteiger partial charge >= 0.3 is 0 Å². The normalized spacial score (nSPS) is 10.9. The topological polar surface area (TPSA) is 110 Å². The third-order valence-electron chi connectivity index (χ3n) is 5.32. The number of rotatable bonds is 7. The predicted octanol–water partition coefficient (Wildman–Crippen LogP) is 4.99. The molecule has 5 aromatic rings. The van der Waals surface area contributed by atoms with Crippen LogP contribution in [0.4, 0.5) is 9.52 Å². The van der Waals surface area contributed by atoms with Gasteiger partial charge in [-0.2, -0.15) is 5.10 Å². The molecule has 0 aliphatic carbocycles. The number of ether oxygens (including phenoxy) is 1. The number of nitrogens with zero attached hydrogens (tertiary/aromatic N) is 3. The number of aromatic amines is 1. The van der Waals surface area contributed by atoms with Crippen molar-refractivity contribution < 1.29 is 13.9 Å². The summed E-state index contributed by atoms with van der Waals surface area (Å²) in [6.07, 6.45) is 0.291. The number of aromatic nitrogens is 4. The van der Waals surface area contributed by atoms with Crippen LogP contribution in [0.2, 0.25) is 5.02 Å². The van der Waals surface area contributed by atoms with E-state index in [1.807, 2.05) is 18.2 Å². The monoisotopic (exact) mass is 521 g/mol. The standard InChI is InChI=1S/C25H17ClFN5O3S/c26-16-8-5-14(6-9-16)13-35-25-32-31-24(36-25)28-22(33)19-11-15(7-10-20(19)27)12-21-17-3-1-2-4-18(17)23(34)30-29-21/h1-11H,12-13H2,(H,30,34)(H,28,31,33). The maximum Gasteiger partial charge on any atom is 0.296 e. The molecular formula is C25H17ClFN5O3S. The fourth-order valence-electron chi connectivity index (χ4n) is 3.56. The Bertz CT molecular complexity index is 1620. The molecular weight excluding hydrogens is 505 g/mol. The molecule has 0 bridgehead atoms. The largest absolute Gasteiger partial charge is 0.464 e. The van der Waals surface area contributed by atoms with Crippen LogP contribution in [-0.4, -0.2) is 26.3 Å². The zero-order valence-corrected chi connectivity index (χ0v) is 20.1. The quantitative estimate of drug-likeness (QED) is 0.312. The maximum absolute atomic E-state index is 14.5. The summed E-state index contributed by atoms with van der Waals surface area (Å²) in [7, 11) is 0. The molecule has 0 saturated carbocycles. The van der Waals surface area contributed by atoms with Crippen LogP contribution in [-0.2, 0) is 13.0 Å². The second kappa shape index (κ2) is 10.2. The van der Waals surface area contributed by atoms with Crippen LogP contribution in [0, 0.1) is 5.82 Å². The van der Waals surface area contributed by atoms with E-state index in [0.717, 1.165) is 16.9 Å². The summed E-state index contributed by atoms with van der Waals surface area (Å²) in [5.74, 6) is -1.35. The van der Waals surface area contributed by atoms with Crippen molar-refractivity contribution >= 4 is 44.7 Å². The van der Waals surface area contributed by atoms with E-state index in [-0.39, 0.29) is 28.1 Å². The minimum Gasteiger partial charge on any atom is -0.464 e. The van der Waals surface area contributed by atoms with Crippen LogP contribution >= 0.6 is 22.9 Å². The van der Waals surface area contributed by atoms with Crippen LogP contribution in [0.1, 0.15) is 27.2 Å². The summed E-state index contributed by atoms with van der Waals surface area (Å²) in [4.78, 5) is 24.8. The summed E-state index contributed by atoms with van der Waals surface area (Å²) >= 11 is 6.90. The molecule has 0 aliphatic rings. The first-order chi connectivity index (χ1) is 17.5. The van der Waals surface area contributed by atoms with E-state index in [9.17, 15) is 14.0 Å². The van der Waals surface area contributed by atoms with Gasteiger partial charge in [-0.3, -0.25) is 14.9 Å². The van der Waals surface area contributed by atoms with Crippen LogP contribution in [0.5, 0.6) is 5.19 Å². The zero-order chi connectivity index (χ0) is 25.1. The minimum absolute atomic E-state index is 0.153. The van der Waals surface area contributed by atoms with Crippen LogP contribution < -0.4 is 15.6 Å². The molecule has 36 heavy (non-hydrogen) atoms. The first kappa shape index (κ1) is 23.6. The Morgan fingerprint density at radius 2 is 1.78 bits per heavy atom. The number of H-pyrrole nitrogens is 1. The molecule has 11 heteroatoms. The third kappa shape index (κ3) is 5.24. The number of hydrogen-bond donors (Lipinski definition) is 2. The van der Waals surface area contributed by atoms with Crippen molar-refractivity contribution in [2.45, 2.75) is 13.0 Å². The van der Waals surface area contributed by atoms with Crippen LogP contribution in [0.15, 0.2) is 71.5 Å². The predicted molar refractivity (Wildman–Crippen MR) is 135 cm³/mol. The number of benzene rings is 3. The van der Waals surface area contributed by atoms with E-state index >= 15 is 0 Å². The number of carbonyl (C=O) groups excluding carboxylic acids is 1. The molecule has 5 rings (SSSR count). The molecule has 0 saturated heterocycles. The molecule has 0 fully saturated rings. The number of nitrogens with one attached hydrogen (secondary N) is 2. The Labute approximate surface area is 212 Å². The highest BCUT2D eigenvalue weighted by atomic mass is 35.5. The number of halogens is 2. The molecule has 0 radical (unpaired) electrons. The van der Waals surface area contributed by atoms with Crippen LogP contribution in [0.3, 0.4) is 0 Å². The lowest BCUT2D eigenvalue weighted by molar-refractivity contribution is 0.102. The lowest BCUT2D eigenvalue weighted by Crippen LogP contribution is -2.14. The van der Waals surface area contributed by atoms with Gasteiger partial charge in [-0.25, -0.2) is 9.49 Å². The lowest BCUT2D eigenvalue weighted by Gasteiger charge is -2.08. The highest BCUT2D eigenvalue weighted by molar-refractivity contribution is 7.17. The van der Waals surface area contributed by atoms with Crippen molar-refractivity contribution in [3.05, 3.63) is 110 Å². The molecule has 2 N–H and O–H groups in total. The number of carbonyl (C=O) groups is 1. The summed E-state index contributed by atoms with van der Waals surface area (Å²) in [5.41, 5.74) is 1.70. The summed E-state index contributed by atoms with van der Waals surface area (Å²) < 4.78 is 20.1.